The van der Waals surface area contributed by atoms with E-state index in [1.807, 2.05) is 109 Å². The standard InChI is InChI=1S/C31H24N6.Pd/c1-31(2,27-15-9-17-29(32-27)36-21-19-25(34-36)23-11-5-3-6-12-23)28-16-10-18-30(33-28)37-22-20-26(35-37)24-13-7-4-8-14-24;/h3-20H,1-2H3;/q-2;+2. The SMILES string of the molecule is CC(C)(c1cccc(-n2[c-]cc(-c3ccccc3)n2)n1)c1cccc(-n2[c-]cc(-c3ccccc3)n2)n1.[Pd+2]. The number of nitrogens with zero attached hydrogens (tertiary/aromatic N) is 6. The summed E-state index contributed by atoms with van der Waals surface area (Å²) in [5.74, 6) is 1.41. The average Bonchev–Trinajstić information content (AvgIpc) is 3.65. The van der Waals surface area contributed by atoms with E-state index < -0.39 is 5.41 Å². The Morgan fingerprint density at radius 3 is 1.39 bits per heavy atom. The van der Waals surface area contributed by atoms with Gasteiger partial charge in [-0.3, -0.25) is 20.2 Å². The third-order valence-electron chi connectivity index (χ3n) is 6.39. The van der Waals surface area contributed by atoms with Crippen LogP contribution in [0.25, 0.3) is 34.2 Å². The monoisotopic (exact) mass is 586 g/mol. The van der Waals surface area contributed by atoms with Crippen LogP contribution in [0.5, 0.6) is 0 Å². The van der Waals surface area contributed by atoms with Crippen LogP contribution in [-0.2, 0) is 25.8 Å². The van der Waals surface area contributed by atoms with Crippen molar-refractivity contribution >= 4 is 0 Å². The number of hydrogen-bond donors (Lipinski definition) is 0. The van der Waals surface area contributed by atoms with E-state index in [0.29, 0.717) is 11.6 Å². The van der Waals surface area contributed by atoms with Gasteiger partial charge in [0.1, 0.15) is 0 Å². The van der Waals surface area contributed by atoms with Crippen molar-refractivity contribution < 1.29 is 20.4 Å². The van der Waals surface area contributed by atoms with Crippen molar-refractivity contribution in [1.82, 2.24) is 29.5 Å². The minimum atomic E-state index is -0.461. The third kappa shape index (κ3) is 4.99. The van der Waals surface area contributed by atoms with Gasteiger partial charge in [0.25, 0.3) is 0 Å². The normalized spacial score (nSPS) is 11.2. The van der Waals surface area contributed by atoms with Crippen LogP contribution in [-0.4, -0.2) is 29.5 Å². The molecule has 6 rings (SSSR count). The van der Waals surface area contributed by atoms with E-state index in [1.54, 1.807) is 9.36 Å². The van der Waals surface area contributed by atoms with Crippen molar-refractivity contribution in [1.29, 1.82) is 0 Å². The molecular weight excluding hydrogens is 563 g/mol. The Balaban J connectivity index is 0.00000294. The molecule has 0 unspecified atom stereocenters. The molecule has 0 bridgehead atoms. The van der Waals surface area contributed by atoms with Gasteiger partial charge in [-0.1, -0.05) is 108 Å². The summed E-state index contributed by atoms with van der Waals surface area (Å²) in [6.07, 6.45) is 6.39. The Morgan fingerprint density at radius 1 is 0.553 bits per heavy atom. The molecule has 38 heavy (non-hydrogen) atoms. The van der Waals surface area contributed by atoms with Gasteiger partial charge in [0.15, 0.2) is 0 Å². The van der Waals surface area contributed by atoms with Gasteiger partial charge >= 0.3 is 20.4 Å². The van der Waals surface area contributed by atoms with E-state index >= 15 is 0 Å². The molecule has 0 saturated heterocycles. The summed E-state index contributed by atoms with van der Waals surface area (Å²) in [5, 5.41) is 9.39. The Hall–Kier alpha value is -4.18. The minimum absolute atomic E-state index is 0. The van der Waals surface area contributed by atoms with Crippen molar-refractivity contribution in [2.45, 2.75) is 19.3 Å². The molecule has 7 heteroatoms. The number of aromatic nitrogens is 6. The van der Waals surface area contributed by atoms with Gasteiger partial charge < -0.3 is 9.36 Å². The summed E-state index contributed by atoms with van der Waals surface area (Å²) >= 11 is 0. The van der Waals surface area contributed by atoms with Gasteiger partial charge in [0, 0.05) is 16.8 Å². The van der Waals surface area contributed by atoms with E-state index in [0.717, 1.165) is 33.9 Å². The maximum atomic E-state index is 4.94. The molecule has 4 heterocycles. The van der Waals surface area contributed by atoms with E-state index in [2.05, 4.69) is 26.2 Å². The Bertz CT molecular complexity index is 1530. The van der Waals surface area contributed by atoms with Crippen LogP contribution >= 0.6 is 0 Å². The van der Waals surface area contributed by atoms with E-state index in [-0.39, 0.29) is 20.4 Å². The molecule has 0 aliphatic heterocycles. The second-order valence-corrected chi connectivity index (χ2v) is 9.26. The second kappa shape index (κ2) is 10.7. The molecule has 0 aliphatic rings. The van der Waals surface area contributed by atoms with Crippen molar-refractivity contribution in [3.63, 3.8) is 0 Å². The van der Waals surface area contributed by atoms with Crippen LogP contribution in [0.1, 0.15) is 25.2 Å². The molecule has 6 aromatic rings. The van der Waals surface area contributed by atoms with Crippen LogP contribution < -0.4 is 0 Å². The predicted octanol–water partition coefficient (Wildman–Crippen LogP) is 6.11. The summed E-state index contributed by atoms with van der Waals surface area (Å²) in [6, 6.07) is 35.8. The first-order chi connectivity index (χ1) is 18.1. The number of benzene rings is 2. The maximum Gasteiger partial charge on any atom is 2.00 e. The quantitative estimate of drug-likeness (QED) is 0.175. The zero-order valence-electron chi connectivity index (χ0n) is 20.9. The summed E-state index contributed by atoms with van der Waals surface area (Å²) in [4.78, 5) is 9.89. The fourth-order valence-electron chi connectivity index (χ4n) is 4.22. The molecule has 0 amide bonds. The van der Waals surface area contributed by atoms with Crippen molar-refractivity contribution in [3.8, 4) is 34.2 Å². The van der Waals surface area contributed by atoms with E-state index in [9.17, 15) is 0 Å². The average molecular weight is 587 g/mol. The Morgan fingerprint density at radius 2 is 0.974 bits per heavy atom. The molecule has 4 aromatic heterocycles. The molecular formula is C31H24N6Pd. The molecule has 6 nitrogen and oxygen atoms in total. The summed E-state index contributed by atoms with van der Waals surface area (Å²) in [6.45, 7) is 4.24. The van der Waals surface area contributed by atoms with Crippen LogP contribution in [0.4, 0.5) is 0 Å². The summed E-state index contributed by atoms with van der Waals surface area (Å²) in [5.41, 5.74) is 5.10. The molecule has 0 aliphatic carbocycles. The summed E-state index contributed by atoms with van der Waals surface area (Å²) < 4.78 is 3.38. The van der Waals surface area contributed by atoms with Crippen molar-refractivity contribution in [2.24, 2.45) is 0 Å². The van der Waals surface area contributed by atoms with Gasteiger partial charge in [-0.05, 0) is 37.4 Å². The molecule has 0 spiro atoms. The van der Waals surface area contributed by atoms with Crippen LogP contribution in [0, 0.1) is 12.4 Å². The zero-order valence-corrected chi connectivity index (χ0v) is 22.4. The fourth-order valence-corrected chi connectivity index (χ4v) is 4.22. The van der Waals surface area contributed by atoms with Crippen LogP contribution in [0.2, 0.25) is 0 Å². The van der Waals surface area contributed by atoms with Gasteiger partial charge in [0.05, 0.1) is 11.6 Å². The largest absolute Gasteiger partial charge is 2.00 e. The van der Waals surface area contributed by atoms with Gasteiger partial charge in [-0.15, -0.1) is 12.1 Å². The van der Waals surface area contributed by atoms with Gasteiger partial charge in [-0.25, -0.2) is 0 Å². The van der Waals surface area contributed by atoms with E-state index in [4.69, 9.17) is 20.2 Å². The Kier molecular flexibility index (Phi) is 7.15. The molecule has 2 aromatic carbocycles. The first-order valence-corrected chi connectivity index (χ1v) is 12.1. The van der Waals surface area contributed by atoms with Gasteiger partial charge in [-0.2, -0.15) is 0 Å². The number of pyridine rings is 2. The molecule has 0 fully saturated rings. The molecule has 188 valence electrons. The minimum Gasteiger partial charge on any atom is -0.343 e. The second-order valence-electron chi connectivity index (χ2n) is 9.26. The molecule has 0 radical (unpaired) electrons. The first-order valence-electron chi connectivity index (χ1n) is 12.1. The molecule has 0 N–H and O–H groups in total. The smallest absolute Gasteiger partial charge is 0.343 e. The number of hydrogen-bond acceptors (Lipinski definition) is 4. The number of rotatable bonds is 6. The summed E-state index contributed by atoms with van der Waals surface area (Å²) in [7, 11) is 0. The first kappa shape index (κ1) is 25.5. The fraction of sp³-hybridized carbons (Fsp3) is 0.0968. The zero-order chi connectivity index (χ0) is 25.2. The third-order valence-corrected chi connectivity index (χ3v) is 6.39. The molecule has 0 atom stereocenters. The topological polar surface area (TPSA) is 61.4 Å². The van der Waals surface area contributed by atoms with E-state index in [1.165, 1.54) is 0 Å². The Labute approximate surface area is 235 Å². The van der Waals surface area contributed by atoms with Crippen LogP contribution in [0.15, 0.2) is 109 Å². The van der Waals surface area contributed by atoms with Crippen molar-refractivity contribution in [2.75, 3.05) is 0 Å². The molecule has 0 saturated carbocycles. The maximum absolute atomic E-state index is 4.94. The van der Waals surface area contributed by atoms with Gasteiger partial charge in [0.2, 0.25) is 0 Å². The van der Waals surface area contributed by atoms with Crippen molar-refractivity contribution in [3.05, 3.63) is 133 Å². The predicted molar refractivity (Wildman–Crippen MR) is 143 cm³/mol. The van der Waals surface area contributed by atoms with Crippen LogP contribution in [0.3, 0.4) is 0 Å².